The minimum atomic E-state index is -0.358. The van der Waals surface area contributed by atoms with Crippen molar-refractivity contribution in [1.29, 1.82) is 0 Å². The molecule has 5 nitrogen and oxygen atoms in total. The van der Waals surface area contributed by atoms with Gasteiger partial charge in [-0.15, -0.1) is 6.58 Å². The molecular weight excluding hydrogens is 348 g/mol. The highest BCUT2D eigenvalue weighted by Gasteiger charge is 2.12. The molecule has 0 saturated heterocycles. The quantitative estimate of drug-likeness (QED) is 0.509. The van der Waals surface area contributed by atoms with Gasteiger partial charge in [0, 0.05) is 17.7 Å². The smallest absolute Gasteiger partial charge is 0.279 e. The molecule has 3 aromatic rings. The molecule has 2 aromatic carbocycles. The number of Topliss-reactive ketones (excluding diaryl/α,β-unsaturated/α-hetero) is 1. The summed E-state index contributed by atoms with van der Waals surface area (Å²) in [5.74, 6) is 0.324. The number of amides is 1. The predicted octanol–water partition coefficient (Wildman–Crippen LogP) is 3.84. The van der Waals surface area contributed by atoms with Gasteiger partial charge in [-0.1, -0.05) is 35.6 Å². The lowest BCUT2D eigenvalue weighted by Gasteiger charge is -2.06. The van der Waals surface area contributed by atoms with Gasteiger partial charge in [0.2, 0.25) is 0 Å². The van der Waals surface area contributed by atoms with Crippen LogP contribution in [0.3, 0.4) is 0 Å². The predicted molar refractivity (Wildman–Crippen MR) is 103 cm³/mol. The minimum Gasteiger partial charge on any atom is -0.495 e. The van der Waals surface area contributed by atoms with Crippen LogP contribution in [0.4, 0.5) is 0 Å². The molecule has 0 unspecified atom stereocenters. The number of carbonyl (C=O) groups excluding carboxylic acids is 2. The van der Waals surface area contributed by atoms with E-state index in [1.54, 1.807) is 37.5 Å². The van der Waals surface area contributed by atoms with E-state index >= 15 is 0 Å². The SMILES string of the molecule is C=CCn1c(=NC(=O)c2ccc(C(C)=O)cc2)sc2cccc(OC)c21. The first-order chi connectivity index (χ1) is 12.5. The van der Waals surface area contributed by atoms with Gasteiger partial charge in [-0.3, -0.25) is 9.59 Å². The fourth-order valence-electron chi connectivity index (χ4n) is 2.64. The van der Waals surface area contributed by atoms with Crippen LogP contribution in [0.5, 0.6) is 5.75 Å². The van der Waals surface area contributed by atoms with E-state index in [-0.39, 0.29) is 11.7 Å². The number of carbonyl (C=O) groups is 2. The number of methoxy groups -OCH3 is 1. The van der Waals surface area contributed by atoms with Crippen molar-refractivity contribution in [1.82, 2.24) is 4.57 Å². The normalized spacial score (nSPS) is 11.5. The summed E-state index contributed by atoms with van der Waals surface area (Å²) in [5.41, 5.74) is 1.89. The van der Waals surface area contributed by atoms with Crippen molar-refractivity contribution in [3.8, 4) is 5.75 Å². The molecule has 1 heterocycles. The van der Waals surface area contributed by atoms with E-state index in [0.29, 0.717) is 22.5 Å². The molecule has 0 aliphatic carbocycles. The Labute approximate surface area is 154 Å². The lowest BCUT2D eigenvalue weighted by molar-refractivity contribution is 0.0991. The Morgan fingerprint density at radius 2 is 1.88 bits per heavy atom. The molecule has 0 fully saturated rings. The molecule has 0 N–H and O–H groups in total. The summed E-state index contributed by atoms with van der Waals surface area (Å²) in [7, 11) is 1.61. The molecule has 3 rings (SSSR count). The van der Waals surface area contributed by atoms with E-state index in [0.717, 1.165) is 16.0 Å². The zero-order chi connectivity index (χ0) is 18.7. The number of nitrogens with zero attached hydrogens (tertiary/aromatic N) is 2. The molecule has 0 saturated carbocycles. The van der Waals surface area contributed by atoms with E-state index in [2.05, 4.69) is 11.6 Å². The number of aromatic nitrogens is 1. The summed E-state index contributed by atoms with van der Waals surface area (Å²) in [6, 6.07) is 12.3. The van der Waals surface area contributed by atoms with Gasteiger partial charge in [0.05, 0.1) is 11.8 Å². The van der Waals surface area contributed by atoms with Gasteiger partial charge >= 0.3 is 0 Å². The van der Waals surface area contributed by atoms with Gasteiger partial charge in [0.25, 0.3) is 5.91 Å². The summed E-state index contributed by atoms with van der Waals surface area (Å²) >= 11 is 1.42. The number of benzene rings is 2. The molecule has 0 atom stereocenters. The molecule has 0 bridgehead atoms. The number of fused-ring (bicyclic) bond motifs is 1. The lowest BCUT2D eigenvalue weighted by Crippen LogP contribution is -2.16. The second-order valence-corrected chi connectivity index (χ2v) is 6.65. The number of hydrogen-bond acceptors (Lipinski definition) is 4. The number of thiazole rings is 1. The number of allylic oxidation sites excluding steroid dienone is 1. The van der Waals surface area contributed by atoms with Crippen LogP contribution in [-0.4, -0.2) is 23.4 Å². The Morgan fingerprint density at radius 3 is 2.50 bits per heavy atom. The van der Waals surface area contributed by atoms with E-state index in [1.165, 1.54) is 18.3 Å². The average molecular weight is 366 g/mol. The highest BCUT2D eigenvalue weighted by Crippen LogP contribution is 2.27. The van der Waals surface area contributed by atoms with Crippen LogP contribution in [0.25, 0.3) is 10.2 Å². The van der Waals surface area contributed by atoms with E-state index in [1.807, 2.05) is 22.8 Å². The van der Waals surface area contributed by atoms with Crippen molar-refractivity contribution in [2.75, 3.05) is 7.11 Å². The molecule has 0 spiro atoms. The summed E-state index contributed by atoms with van der Waals surface area (Å²) in [4.78, 5) is 28.8. The third kappa shape index (κ3) is 3.36. The zero-order valence-corrected chi connectivity index (χ0v) is 15.4. The summed E-state index contributed by atoms with van der Waals surface area (Å²) in [5, 5.41) is 0. The fraction of sp³-hybridized carbons (Fsp3) is 0.150. The second kappa shape index (κ2) is 7.49. The zero-order valence-electron chi connectivity index (χ0n) is 14.6. The minimum absolute atomic E-state index is 0.0404. The number of para-hydroxylation sites is 1. The van der Waals surface area contributed by atoms with E-state index in [4.69, 9.17) is 4.74 Å². The maximum Gasteiger partial charge on any atom is 0.279 e. The van der Waals surface area contributed by atoms with Crippen LogP contribution in [0, 0.1) is 0 Å². The molecule has 1 amide bonds. The van der Waals surface area contributed by atoms with Crippen LogP contribution in [0.1, 0.15) is 27.6 Å². The second-order valence-electron chi connectivity index (χ2n) is 5.64. The van der Waals surface area contributed by atoms with Gasteiger partial charge in [0.1, 0.15) is 11.3 Å². The molecule has 26 heavy (non-hydrogen) atoms. The third-order valence-corrected chi connectivity index (χ3v) is 4.97. The van der Waals surface area contributed by atoms with Gasteiger partial charge in [-0.2, -0.15) is 4.99 Å². The number of rotatable bonds is 5. The Kier molecular flexibility index (Phi) is 5.14. The van der Waals surface area contributed by atoms with Crippen molar-refractivity contribution >= 4 is 33.2 Å². The average Bonchev–Trinajstić information content (AvgIpc) is 2.99. The third-order valence-electron chi connectivity index (χ3n) is 3.93. The maximum atomic E-state index is 12.6. The standard InChI is InChI=1S/C20H18N2O3S/c1-4-12-22-18-16(25-3)6-5-7-17(18)26-20(22)21-19(24)15-10-8-14(9-11-15)13(2)23/h4-11H,1,12H2,2-3H3. The van der Waals surface area contributed by atoms with E-state index < -0.39 is 0 Å². The molecule has 132 valence electrons. The van der Waals surface area contributed by atoms with Crippen LogP contribution < -0.4 is 9.54 Å². The Balaban J connectivity index is 2.11. The molecule has 0 radical (unpaired) electrons. The van der Waals surface area contributed by atoms with Crippen molar-refractivity contribution in [3.63, 3.8) is 0 Å². The first kappa shape index (κ1) is 17.8. The first-order valence-electron chi connectivity index (χ1n) is 8.02. The fourth-order valence-corrected chi connectivity index (χ4v) is 3.70. The lowest BCUT2D eigenvalue weighted by atomic mass is 10.1. The summed E-state index contributed by atoms with van der Waals surface area (Å²) < 4.78 is 8.33. The Bertz CT molecular complexity index is 1060. The largest absolute Gasteiger partial charge is 0.495 e. The summed E-state index contributed by atoms with van der Waals surface area (Å²) in [6.45, 7) is 5.79. The van der Waals surface area contributed by atoms with Gasteiger partial charge < -0.3 is 9.30 Å². The number of hydrogen-bond donors (Lipinski definition) is 0. The van der Waals surface area contributed by atoms with Gasteiger partial charge in [-0.25, -0.2) is 0 Å². The monoisotopic (exact) mass is 366 g/mol. The first-order valence-corrected chi connectivity index (χ1v) is 8.84. The number of ether oxygens (including phenoxy) is 1. The number of ketones is 1. The topological polar surface area (TPSA) is 60.7 Å². The Morgan fingerprint density at radius 1 is 1.19 bits per heavy atom. The highest BCUT2D eigenvalue weighted by atomic mass is 32.1. The van der Waals surface area contributed by atoms with Crippen molar-refractivity contribution in [2.45, 2.75) is 13.5 Å². The van der Waals surface area contributed by atoms with Crippen LogP contribution >= 0.6 is 11.3 Å². The molecular formula is C20H18N2O3S. The molecule has 6 heteroatoms. The van der Waals surface area contributed by atoms with Crippen LogP contribution in [0.2, 0.25) is 0 Å². The van der Waals surface area contributed by atoms with Gasteiger partial charge in [-0.05, 0) is 31.2 Å². The van der Waals surface area contributed by atoms with E-state index in [9.17, 15) is 9.59 Å². The van der Waals surface area contributed by atoms with Crippen LogP contribution in [0.15, 0.2) is 60.1 Å². The molecule has 0 aliphatic rings. The summed E-state index contributed by atoms with van der Waals surface area (Å²) in [6.07, 6.45) is 1.75. The molecule has 0 aliphatic heterocycles. The van der Waals surface area contributed by atoms with Gasteiger partial charge in [0.15, 0.2) is 10.6 Å². The van der Waals surface area contributed by atoms with Crippen LogP contribution in [-0.2, 0) is 6.54 Å². The molecule has 1 aromatic heterocycles. The van der Waals surface area contributed by atoms with Crippen molar-refractivity contribution in [2.24, 2.45) is 4.99 Å². The highest BCUT2D eigenvalue weighted by molar-refractivity contribution is 7.16. The maximum absolute atomic E-state index is 12.6. The van der Waals surface area contributed by atoms with Crippen molar-refractivity contribution in [3.05, 3.63) is 71.0 Å². The Hall–Kier alpha value is -2.99. The van der Waals surface area contributed by atoms with Crippen molar-refractivity contribution < 1.29 is 14.3 Å².